The quantitative estimate of drug-likeness (QED) is 0.789. The van der Waals surface area contributed by atoms with Crippen LogP contribution in [-0.4, -0.2) is 32.6 Å². The Bertz CT molecular complexity index is 398. The molecule has 2 fully saturated rings. The Morgan fingerprint density at radius 2 is 2.00 bits per heavy atom. The second-order valence-corrected chi connectivity index (χ2v) is 7.35. The lowest BCUT2D eigenvalue weighted by Crippen LogP contribution is -2.35. The maximum Gasteiger partial charge on any atom is 0.0764 e. The van der Waals surface area contributed by atoms with Crippen LogP contribution in [0.25, 0.3) is 0 Å². The first-order valence-corrected chi connectivity index (χ1v) is 8.63. The van der Waals surface area contributed by atoms with Crippen LogP contribution in [0.1, 0.15) is 56.7 Å². The van der Waals surface area contributed by atoms with Crippen LogP contribution in [-0.2, 0) is 6.54 Å². The number of piperidine rings is 1. The normalized spacial score (nSPS) is 26.7. The highest BCUT2D eigenvalue weighted by Gasteiger charge is 2.19. The summed E-state index contributed by atoms with van der Waals surface area (Å²) in [5.41, 5.74) is 1.24. The summed E-state index contributed by atoms with van der Waals surface area (Å²) in [5, 5.41) is 4.81. The monoisotopic (exact) mass is 325 g/mol. The molecule has 1 aromatic heterocycles. The lowest BCUT2D eigenvalue weighted by atomic mass is 9.96. The van der Waals surface area contributed by atoms with Crippen molar-refractivity contribution in [2.45, 2.75) is 62.4 Å². The molecule has 1 unspecified atom stereocenters. The Balaban J connectivity index is 1.58. The summed E-state index contributed by atoms with van der Waals surface area (Å²) in [6.45, 7) is 3.40. The molecule has 19 heavy (non-hydrogen) atoms. The lowest BCUT2D eigenvalue weighted by molar-refractivity contribution is 0.223. The molecule has 1 atom stereocenters. The van der Waals surface area contributed by atoms with Crippen molar-refractivity contribution < 1.29 is 0 Å². The van der Waals surface area contributed by atoms with E-state index >= 15 is 0 Å². The Morgan fingerprint density at radius 3 is 2.79 bits per heavy atom. The van der Waals surface area contributed by atoms with Gasteiger partial charge in [-0.25, -0.2) is 0 Å². The van der Waals surface area contributed by atoms with Crippen LogP contribution in [0, 0.1) is 0 Å². The predicted molar refractivity (Wildman–Crippen MR) is 81.6 cm³/mol. The third-order valence-corrected chi connectivity index (χ3v) is 5.19. The summed E-state index contributed by atoms with van der Waals surface area (Å²) in [6.07, 6.45) is 11.6. The number of aromatic nitrogens is 2. The smallest absolute Gasteiger partial charge is 0.0764 e. The first-order chi connectivity index (χ1) is 9.31. The Hall–Kier alpha value is -0.350. The van der Waals surface area contributed by atoms with E-state index in [1.807, 2.05) is 0 Å². The molecule has 0 aromatic carbocycles. The maximum atomic E-state index is 4.81. The van der Waals surface area contributed by atoms with E-state index in [0.29, 0.717) is 10.9 Å². The number of rotatable bonds is 3. The van der Waals surface area contributed by atoms with Gasteiger partial charge in [0.1, 0.15) is 0 Å². The first kappa shape index (κ1) is 13.6. The molecule has 4 heteroatoms. The molecule has 2 heterocycles. The van der Waals surface area contributed by atoms with Gasteiger partial charge in [0.25, 0.3) is 0 Å². The minimum atomic E-state index is 0.660. The SMILES string of the molecule is BrC1CCCN(Cc2ccn(C3CCCCC3)n2)C1. The van der Waals surface area contributed by atoms with Gasteiger partial charge in [-0.05, 0) is 38.3 Å². The third-order valence-electron chi connectivity index (χ3n) is 4.45. The molecule has 1 aromatic rings. The molecule has 0 amide bonds. The molecule has 2 aliphatic rings. The van der Waals surface area contributed by atoms with Crippen molar-refractivity contribution in [2.75, 3.05) is 13.1 Å². The topological polar surface area (TPSA) is 21.1 Å². The molecule has 0 spiro atoms. The van der Waals surface area contributed by atoms with E-state index in [2.05, 4.69) is 37.8 Å². The van der Waals surface area contributed by atoms with Crippen molar-refractivity contribution in [3.63, 3.8) is 0 Å². The van der Waals surface area contributed by atoms with Crippen LogP contribution in [0.4, 0.5) is 0 Å². The van der Waals surface area contributed by atoms with Crippen molar-refractivity contribution in [1.82, 2.24) is 14.7 Å². The second kappa shape index (κ2) is 6.40. The van der Waals surface area contributed by atoms with Gasteiger partial charge in [0.15, 0.2) is 0 Å². The zero-order valence-corrected chi connectivity index (χ0v) is 13.2. The van der Waals surface area contributed by atoms with E-state index in [0.717, 1.165) is 13.1 Å². The second-order valence-electron chi connectivity index (χ2n) is 6.05. The molecule has 106 valence electrons. The number of nitrogens with zero attached hydrogens (tertiary/aromatic N) is 3. The maximum absolute atomic E-state index is 4.81. The summed E-state index contributed by atoms with van der Waals surface area (Å²) in [7, 11) is 0. The van der Waals surface area contributed by atoms with Gasteiger partial charge in [0, 0.05) is 24.1 Å². The van der Waals surface area contributed by atoms with E-state index in [1.54, 1.807) is 0 Å². The number of hydrogen-bond donors (Lipinski definition) is 0. The summed E-state index contributed by atoms with van der Waals surface area (Å²) < 4.78 is 2.23. The number of alkyl halides is 1. The summed E-state index contributed by atoms with van der Waals surface area (Å²) >= 11 is 3.74. The lowest BCUT2D eigenvalue weighted by Gasteiger charge is -2.29. The van der Waals surface area contributed by atoms with Crippen LogP contribution in [0.15, 0.2) is 12.3 Å². The molecule has 3 nitrogen and oxygen atoms in total. The molecule has 0 N–H and O–H groups in total. The number of halogens is 1. The summed E-state index contributed by atoms with van der Waals surface area (Å²) in [6, 6.07) is 2.87. The van der Waals surface area contributed by atoms with Gasteiger partial charge in [-0.3, -0.25) is 9.58 Å². The highest BCUT2D eigenvalue weighted by molar-refractivity contribution is 9.09. The van der Waals surface area contributed by atoms with E-state index in [-0.39, 0.29) is 0 Å². The molecule has 0 bridgehead atoms. The number of hydrogen-bond acceptors (Lipinski definition) is 2. The Morgan fingerprint density at radius 1 is 1.16 bits per heavy atom. The van der Waals surface area contributed by atoms with Crippen molar-refractivity contribution in [1.29, 1.82) is 0 Å². The van der Waals surface area contributed by atoms with Crippen LogP contribution in [0.3, 0.4) is 0 Å². The van der Waals surface area contributed by atoms with Gasteiger partial charge < -0.3 is 0 Å². The third kappa shape index (κ3) is 3.60. The molecular weight excluding hydrogens is 302 g/mol. The molecule has 1 aliphatic heterocycles. The first-order valence-electron chi connectivity index (χ1n) is 7.72. The minimum absolute atomic E-state index is 0.660. The van der Waals surface area contributed by atoms with Crippen LogP contribution >= 0.6 is 15.9 Å². The largest absolute Gasteiger partial charge is 0.296 e. The molecule has 1 saturated carbocycles. The number of likely N-dealkylation sites (tertiary alicyclic amines) is 1. The van der Waals surface area contributed by atoms with Gasteiger partial charge in [-0.2, -0.15) is 5.10 Å². The minimum Gasteiger partial charge on any atom is -0.296 e. The zero-order valence-electron chi connectivity index (χ0n) is 11.6. The van der Waals surface area contributed by atoms with Crippen molar-refractivity contribution in [3.8, 4) is 0 Å². The van der Waals surface area contributed by atoms with E-state index in [9.17, 15) is 0 Å². The summed E-state index contributed by atoms with van der Waals surface area (Å²) in [5.74, 6) is 0. The van der Waals surface area contributed by atoms with E-state index in [1.165, 1.54) is 57.2 Å². The van der Waals surface area contributed by atoms with Crippen molar-refractivity contribution in [3.05, 3.63) is 18.0 Å². The van der Waals surface area contributed by atoms with E-state index in [4.69, 9.17) is 5.10 Å². The van der Waals surface area contributed by atoms with Crippen LogP contribution in [0.2, 0.25) is 0 Å². The van der Waals surface area contributed by atoms with Gasteiger partial charge in [-0.1, -0.05) is 35.2 Å². The Labute approximate surface area is 124 Å². The zero-order chi connectivity index (χ0) is 13.1. The molecular formula is C15H24BrN3. The van der Waals surface area contributed by atoms with Crippen LogP contribution in [0.5, 0.6) is 0 Å². The Kier molecular flexibility index (Phi) is 4.59. The van der Waals surface area contributed by atoms with Crippen LogP contribution < -0.4 is 0 Å². The fourth-order valence-electron chi connectivity index (χ4n) is 3.38. The highest BCUT2D eigenvalue weighted by atomic mass is 79.9. The van der Waals surface area contributed by atoms with Crippen molar-refractivity contribution in [2.24, 2.45) is 0 Å². The standard InChI is InChI=1S/C15H24BrN3/c16-13-5-4-9-18(11-13)12-14-8-10-19(17-14)15-6-2-1-3-7-15/h8,10,13,15H,1-7,9,11-12H2. The van der Waals surface area contributed by atoms with Gasteiger partial charge >= 0.3 is 0 Å². The van der Waals surface area contributed by atoms with Gasteiger partial charge in [0.05, 0.1) is 11.7 Å². The molecule has 0 radical (unpaired) electrons. The predicted octanol–water partition coefficient (Wildman–Crippen LogP) is 3.75. The van der Waals surface area contributed by atoms with E-state index < -0.39 is 0 Å². The molecule has 3 rings (SSSR count). The molecule has 1 saturated heterocycles. The van der Waals surface area contributed by atoms with Gasteiger partial charge in [0.2, 0.25) is 0 Å². The highest BCUT2D eigenvalue weighted by Crippen LogP contribution is 2.27. The molecule has 1 aliphatic carbocycles. The van der Waals surface area contributed by atoms with Gasteiger partial charge in [-0.15, -0.1) is 0 Å². The fourth-order valence-corrected chi connectivity index (χ4v) is 4.12. The summed E-state index contributed by atoms with van der Waals surface area (Å²) in [4.78, 5) is 3.19. The van der Waals surface area contributed by atoms with Crippen molar-refractivity contribution >= 4 is 15.9 Å². The average molecular weight is 326 g/mol. The fraction of sp³-hybridized carbons (Fsp3) is 0.800. The average Bonchev–Trinajstić information content (AvgIpc) is 2.88.